The van der Waals surface area contributed by atoms with Crippen LogP contribution in [0.1, 0.15) is 83.6 Å². The summed E-state index contributed by atoms with van der Waals surface area (Å²) in [6.45, 7) is 4.44. The van der Waals surface area contributed by atoms with E-state index in [0.717, 1.165) is 12.2 Å². The second kappa shape index (κ2) is 17.6. The Bertz CT molecular complexity index is 271. The Hall–Kier alpha value is -0.430. The Morgan fingerprint density at radius 1 is 0.667 bits per heavy atom. The highest BCUT2D eigenvalue weighted by atomic mass is 32.1. The average Bonchev–Trinajstić information content (AvgIpc) is 2.55. The molecule has 0 N–H and O–H groups in total. The zero-order chi connectivity index (χ0) is 15.6. The van der Waals surface area contributed by atoms with Crippen LogP contribution in [0.3, 0.4) is 0 Å². The van der Waals surface area contributed by atoms with Gasteiger partial charge in [0.25, 0.3) is 0 Å². The van der Waals surface area contributed by atoms with Crippen LogP contribution in [0, 0.1) is 0 Å². The van der Waals surface area contributed by atoms with Gasteiger partial charge in [0.15, 0.2) is 0 Å². The molecular weight excluding hydrogens is 272 g/mol. The number of hydrogen-bond donors (Lipinski definition) is 1. The van der Waals surface area contributed by atoms with Crippen molar-refractivity contribution in [1.29, 1.82) is 0 Å². The van der Waals surface area contributed by atoms with Gasteiger partial charge >= 0.3 is 0 Å². The maximum Gasteiger partial charge on any atom is -0.00979 e. The van der Waals surface area contributed by atoms with Crippen LogP contribution in [0.5, 0.6) is 0 Å². The Balaban J connectivity index is 0.000000423. The Kier molecular flexibility index (Phi) is 17.3. The quantitative estimate of drug-likeness (QED) is 0.327. The largest absolute Gasteiger partial charge is 0.179 e. The molecule has 0 amide bonds. The molecule has 0 atom stereocenters. The van der Waals surface area contributed by atoms with Crippen LogP contribution < -0.4 is 0 Å². The van der Waals surface area contributed by atoms with E-state index in [-0.39, 0.29) is 0 Å². The molecule has 0 heterocycles. The standard InChI is InChI=1S/C12H26S.C8H10/c1-2-3-4-5-6-7-8-9-10-11-12-13;1-2-8-6-4-3-5-7-8/h13H,2-12H2,1H3;3-7H,2H2,1H3. The summed E-state index contributed by atoms with van der Waals surface area (Å²) >= 11 is 4.20. The molecule has 0 spiro atoms. The molecule has 0 aliphatic heterocycles. The number of benzene rings is 1. The molecule has 0 fully saturated rings. The fourth-order valence-corrected chi connectivity index (χ4v) is 2.54. The first-order chi connectivity index (χ1) is 10.3. The van der Waals surface area contributed by atoms with Crippen LogP contribution >= 0.6 is 12.6 Å². The summed E-state index contributed by atoms with van der Waals surface area (Å²) in [5, 5.41) is 0. The van der Waals surface area contributed by atoms with Gasteiger partial charge in [-0.1, -0.05) is 102 Å². The topological polar surface area (TPSA) is 0 Å². The summed E-state index contributed by atoms with van der Waals surface area (Å²) in [7, 11) is 0. The molecule has 1 aromatic rings. The van der Waals surface area contributed by atoms with E-state index >= 15 is 0 Å². The predicted molar refractivity (Wildman–Crippen MR) is 102 cm³/mol. The highest BCUT2D eigenvalue weighted by Crippen LogP contribution is 2.10. The zero-order valence-electron chi connectivity index (χ0n) is 14.3. The lowest BCUT2D eigenvalue weighted by atomic mass is 10.1. The first-order valence-corrected chi connectivity index (χ1v) is 9.63. The third kappa shape index (κ3) is 15.8. The SMILES string of the molecule is CCCCCCCCCCCCS.CCc1ccccc1. The summed E-state index contributed by atoms with van der Waals surface area (Å²) in [5.74, 6) is 1.07. The van der Waals surface area contributed by atoms with Gasteiger partial charge in [-0.2, -0.15) is 12.6 Å². The van der Waals surface area contributed by atoms with Crippen molar-refractivity contribution >= 4 is 12.6 Å². The van der Waals surface area contributed by atoms with Gasteiger partial charge < -0.3 is 0 Å². The van der Waals surface area contributed by atoms with Crippen LogP contribution in [0.4, 0.5) is 0 Å². The van der Waals surface area contributed by atoms with Gasteiger partial charge in [0.2, 0.25) is 0 Å². The molecule has 0 saturated heterocycles. The first-order valence-electron chi connectivity index (χ1n) is 8.99. The summed E-state index contributed by atoms with van der Waals surface area (Å²) in [6.07, 6.45) is 15.3. The highest BCUT2D eigenvalue weighted by Gasteiger charge is 1.91. The van der Waals surface area contributed by atoms with Crippen molar-refractivity contribution in [1.82, 2.24) is 0 Å². The van der Waals surface area contributed by atoms with Crippen LogP contribution in [-0.4, -0.2) is 5.75 Å². The van der Waals surface area contributed by atoms with E-state index in [4.69, 9.17) is 0 Å². The molecule has 0 saturated carbocycles. The average molecular weight is 309 g/mol. The lowest BCUT2D eigenvalue weighted by Gasteiger charge is -2.00. The number of unbranched alkanes of at least 4 members (excludes halogenated alkanes) is 9. The molecule has 1 heteroatoms. The van der Waals surface area contributed by atoms with Crippen molar-refractivity contribution < 1.29 is 0 Å². The number of rotatable bonds is 11. The molecule has 0 aromatic heterocycles. The van der Waals surface area contributed by atoms with Crippen LogP contribution in [-0.2, 0) is 6.42 Å². The van der Waals surface area contributed by atoms with E-state index in [1.54, 1.807) is 0 Å². The zero-order valence-corrected chi connectivity index (χ0v) is 15.2. The molecule has 0 bridgehead atoms. The van der Waals surface area contributed by atoms with Crippen molar-refractivity contribution in [2.24, 2.45) is 0 Å². The van der Waals surface area contributed by atoms with Gasteiger partial charge in [0, 0.05) is 0 Å². The van der Waals surface area contributed by atoms with Gasteiger partial charge in [0.1, 0.15) is 0 Å². The van der Waals surface area contributed by atoms with Crippen LogP contribution in [0.25, 0.3) is 0 Å². The molecule has 0 radical (unpaired) electrons. The third-order valence-corrected chi connectivity index (χ3v) is 4.08. The fraction of sp³-hybridized carbons (Fsp3) is 0.700. The minimum atomic E-state index is 1.07. The van der Waals surface area contributed by atoms with Crippen molar-refractivity contribution in [3.05, 3.63) is 35.9 Å². The van der Waals surface area contributed by atoms with Crippen molar-refractivity contribution in [3.8, 4) is 0 Å². The number of hydrogen-bond acceptors (Lipinski definition) is 1. The first kappa shape index (κ1) is 20.6. The van der Waals surface area contributed by atoms with E-state index in [1.165, 1.54) is 69.8 Å². The smallest absolute Gasteiger partial charge is 0.00979 e. The number of thiol groups is 1. The van der Waals surface area contributed by atoms with Gasteiger partial charge in [-0.3, -0.25) is 0 Å². The molecule has 1 aromatic carbocycles. The highest BCUT2D eigenvalue weighted by molar-refractivity contribution is 7.80. The minimum Gasteiger partial charge on any atom is -0.179 e. The van der Waals surface area contributed by atoms with E-state index in [1.807, 2.05) is 6.07 Å². The predicted octanol–water partition coefficient (Wildman–Crippen LogP) is 7.09. The lowest BCUT2D eigenvalue weighted by Crippen LogP contribution is -1.81. The number of aryl methyl sites for hydroxylation is 1. The van der Waals surface area contributed by atoms with Gasteiger partial charge in [-0.25, -0.2) is 0 Å². The van der Waals surface area contributed by atoms with E-state index in [9.17, 15) is 0 Å². The monoisotopic (exact) mass is 308 g/mol. The second-order valence-corrected chi connectivity index (χ2v) is 6.19. The molecule has 0 nitrogen and oxygen atoms in total. The van der Waals surface area contributed by atoms with Gasteiger partial charge in [-0.05, 0) is 24.2 Å². The maximum absolute atomic E-state index is 4.20. The van der Waals surface area contributed by atoms with E-state index in [0.29, 0.717) is 0 Å². The lowest BCUT2D eigenvalue weighted by molar-refractivity contribution is 0.563. The van der Waals surface area contributed by atoms with Gasteiger partial charge in [-0.15, -0.1) is 0 Å². The summed E-state index contributed by atoms with van der Waals surface area (Å²) in [5.41, 5.74) is 1.41. The van der Waals surface area contributed by atoms with Gasteiger partial charge in [0.05, 0.1) is 0 Å². The Morgan fingerprint density at radius 2 is 1.14 bits per heavy atom. The molecular formula is C20H36S. The molecule has 0 unspecified atom stereocenters. The molecule has 0 aliphatic carbocycles. The van der Waals surface area contributed by atoms with Crippen LogP contribution in [0.15, 0.2) is 30.3 Å². The fourth-order valence-electron chi connectivity index (χ4n) is 2.31. The minimum absolute atomic E-state index is 1.07. The Labute approximate surface area is 139 Å². The Morgan fingerprint density at radius 3 is 1.52 bits per heavy atom. The van der Waals surface area contributed by atoms with E-state index < -0.39 is 0 Å². The summed E-state index contributed by atoms with van der Waals surface area (Å²) < 4.78 is 0. The molecule has 21 heavy (non-hydrogen) atoms. The van der Waals surface area contributed by atoms with Crippen LogP contribution in [0.2, 0.25) is 0 Å². The summed E-state index contributed by atoms with van der Waals surface area (Å²) in [4.78, 5) is 0. The summed E-state index contributed by atoms with van der Waals surface area (Å²) in [6, 6.07) is 10.5. The second-order valence-electron chi connectivity index (χ2n) is 5.74. The molecule has 122 valence electrons. The van der Waals surface area contributed by atoms with E-state index in [2.05, 4.69) is 50.7 Å². The maximum atomic E-state index is 4.20. The molecule has 0 aliphatic rings. The van der Waals surface area contributed by atoms with Crippen molar-refractivity contribution in [2.45, 2.75) is 84.5 Å². The normalized spacial score (nSPS) is 10.0. The van der Waals surface area contributed by atoms with Crippen molar-refractivity contribution in [3.63, 3.8) is 0 Å². The van der Waals surface area contributed by atoms with Crippen molar-refractivity contribution in [2.75, 3.05) is 5.75 Å². The molecule has 1 rings (SSSR count). The third-order valence-electron chi connectivity index (χ3n) is 3.76.